The van der Waals surface area contributed by atoms with Gasteiger partial charge in [0.05, 0.1) is 26.7 Å². The van der Waals surface area contributed by atoms with Gasteiger partial charge in [0, 0.05) is 11.8 Å². The molecule has 0 N–H and O–H groups in total. The molecule has 86 valence electrons. The second kappa shape index (κ2) is 8.72. The smallest absolute Gasteiger partial charge is 0.0792 e. The average Bonchev–Trinajstić information content (AvgIpc) is 2.21. The fourth-order valence-electron chi connectivity index (χ4n) is 1.86. The maximum atomic E-state index is 3.53. The lowest BCUT2D eigenvalue weighted by molar-refractivity contribution is -0.910. The van der Waals surface area contributed by atoms with Crippen LogP contribution in [-0.4, -0.2) is 36.5 Å². The van der Waals surface area contributed by atoms with Crippen molar-refractivity contribution in [3.05, 3.63) is 0 Å². The monoisotopic (exact) mass is 264 g/mol. The molecule has 0 amide bonds. The molecule has 0 aliphatic rings. The van der Waals surface area contributed by atoms with Gasteiger partial charge < -0.3 is 4.48 Å². The number of hydrogen-bond acceptors (Lipinski definition) is 0. The van der Waals surface area contributed by atoms with E-state index in [0.29, 0.717) is 0 Å². The van der Waals surface area contributed by atoms with Crippen LogP contribution >= 0.6 is 15.9 Å². The van der Waals surface area contributed by atoms with Crippen molar-refractivity contribution in [3.63, 3.8) is 0 Å². The zero-order valence-corrected chi connectivity index (χ0v) is 11.8. The van der Waals surface area contributed by atoms with Gasteiger partial charge >= 0.3 is 0 Å². The minimum atomic E-state index is 1.15. The third-order valence-electron chi connectivity index (χ3n) is 2.93. The van der Waals surface area contributed by atoms with Gasteiger partial charge in [0.15, 0.2) is 0 Å². The predicted octanol–water partition coefficient (Wildman–Crippen LogP) is 3.82. The second-order valence-corrected chi connectivity index (χ2v) is 5.33. The molecular formula is C12H27BrN+. The molecule has 0 rings (SSSR count). The Morgan fingerprint density at radius 2 is 1.29 bits per heavy atom. The van der Waals surface area contributed by atoms with Crippen LogP contribution in [0.25, 0.3) is 0 Å². The molecule has 1 nitrogen and oxygen atoms in total. The fraction of sp³-hybridized carbons (Fsp3) is 1.00. The van der Waals surface area contributed by atoms with Crippen molar-refractivity contribution >= 4 is 15.9 Å². The lowest BCUT2D eigenvalue weighted by Crippen LogP contribution is -2.46. The standard InChI is InChI=1S/C12H27BrN/c1-4-6-10-14(3,11-7-5-2)12-8-9-13/h4-12H2,1-3H3/q+1. The van der Waals surface area contributed by atoms with Crippen LogP contribution in [0.1, 0.15) is 46.0 Å². The highest BCUT2D eigenvalue weighted by Gasteiger charge is 2.18. The lowest BCUT2D eigenvalue weighted by atomic mass is 10.2. The Kier molecular flexibility index (Phi) is 9.00. The molecule has 0 saturated heterocycles. The van der Waals surface area contributed by atoms with E-state index in [1.807, 2.05) is 0 Å². The summed E-state index contributed by atoms with van der Waals surface area (Å²) in [4.78, 5) is 0. The van der Waals surface area contributed by atoms with E-state index in [2.05, 4.69) is 36.8 Å². The van der Waals surface area contributed by atoms with Gasteiger partial charge in [-0.25, -0.2) is 0 Å². The minimum absolute atomic E-state index is 1.15. The van der Waals surface area contributed by atoms with Crippen LogP contribution in [0.15, 0.2) is 0 Å². The van der Waals surface area contributed by atoms with Crippen LogP contribution < -0.4 is 0 Å². The van der Waals surface area contributed by atoms with Crippen molar-refractivity contribution < 1.29 is 4.48 Å². The van der Waals surface area contributed by atoms with E-state index >= 15 is 0 Å². The van der Waals surface area contributed by atoms with Crippen molar-refractivity contribution in [2.45, 2.75) is 46.0 Å². The van der Waals surface area contributed by atoms with E-state index in [1.165, 1.54) is 56.2 Å². The second-order valence-electron chi connectivity index (χ2n) is 4.54. The van der Waals surface area contributed by atoms with Gasteiger partial charge in [-0.05, 0) is 12.8 Å². The Balaban J connectivity index is 3.89. The van der Waals surface area contributed by atoms with Gasteiger partial charge in [0.2, 0.25) is 0 Å². The molecule has 0 aromatic rings. The maximum Gasteiger partial charge on any atom is 0.0792 e. The summed E-state index contributed by atoms with van der Waals surface area (Å²) >= 11 is 3.53. The number of rotatable bonds is 9. The van der Waals surface area contributed by atoms with Gasteiger partial charge in [0.25, 0.3) is 0 Å². The summed E-state index contributed by atoms with van der Waals surface area (Å²) in [7, 11) is 2.42. The lowest BCUT2D eigenvalue weighted by Gasteiger charge is -2.34. The normalized spacial score (nSPS) is 12.0. The number of hydrogen-bond donors (Lipinski definition) is 0. The van der Waals surface area contributed by atoms with Gasteiger partial charge in [-0.15, -0.1) is 0 Å². The number of alkyl halides is 1. The molecule has 0 radical (unpaired) electrons. The highest BCUT2D eigenvalue weighted by Crippen LogP contribution is 2.10. The third kappa shape index (κ3) is 6.83. The highest BCUT2D eigenvalue weighted by molar-refractivity contribution is 9.09. The summed E-state index contributed by atoms with van der Waals surface area (Å²) in [5.74, 6) is 0. The molecule has 0 saturated carbocycles. The molecule has 0 aliphatic carbocycles. The third-order valence-corrected chi connectivity index (χ3v) is 3.50. The van der Waals surface area contributed by atoms with Crippen LogP contribution in [0.4, 0.5) is 0 Å². The quantitative estimate of drug-likeness (QED) is 0.439. The molecule has 14 heavy (non-hydrogen) atoms. The van der Waals surface area contributed by atoms with E-state index in [9.17, 15) is 0 Å². The molecule has 0 heterocycles. The van der Waals surface area contributed by atoms with Crippen LogP contribution in [0, 0.1) is 0 Å². The number of nitrogens with zero attached hydrogens (tertiary/aromatic N) is 1. The molecule has 0 spiro atoms. The van der Waals surface area contributed by atoms with E-state index in [-0.39, 0.29) is 0 Å². The molecule has 0 aliphatic heterocycles. The zero-order chi connectivity index (χ0) is 10.9. The number of halogens is 1. The molecular weight excluding hydrogens is 238 g/mol. The summed E-state index contributed by atoms with van der Waals surface area (Å²) < 4.78 is 1.28. The predicted molar refractivity (Wildman–Crippen MR) is 69.0 cm³/mol. The Morgan fingerprint density at radius 3 is 1.64 bits per heavy atom. The number of unbranched alkanes of at least 4 members (excludes halogenated alkanes) is 2. The first-order valence-electron chi connectivity index (χ1n) is 6.08. The van der Waals surface area contributed by atoms with E-state index in [0.717, 1.165) is 5.33 Å². The summed E-state index contributed by atoms with van der Waals surface area (Å²) in [6.07, 6.45) is 6.72. The highest BCUT2D eigenvalue weighted by atomic mass is 79.9. The van der Waals surface area contributed by atoms with Gasteiger partial charge in [0.1, 0.15) is 0 Å². The van der Waals surface area contributed by atoms with E-state index < -0.39 is 0 Å². The Bertz CT molecular complexity index is 104. The molecule has 0 aromatic carbocycles. The first-order valence-corrected chi connectivity index (χ1v) is 7.20. The van der Waals surface area contributed by atoms with Crippen LogP contribution in [0.3, 0.4) is 0 Å². The molecule has 0 unspecified atom stereocenters. The molecule has 0 bridgehead atoms. The molecule has 0 atom stereocenters. The SMILES string of the molecule is CCCC[N+](C)(CCCC)CCCBr. The maximum absolute atomic E-state index is 3.53. The summed E-state index contributed by atoms with van der Waals surface area (Å²) in [5.41, 5.74) is 0. The first kappa shape index (κ1) is 14.4. The minimum Gasteiger partial charge on any atom is -0.326 e. The van der Waals surface area contributed by atoms with Crippen molar-refractivity contribution in [2.24, 2.45) is 0 Å². The van der Waals surface area contributed by atoms with Crippen molar-refractivity contribution in [3.8, 4) is 0 Å². The average molecular weight is 265 g/mol. The summed E-state index contributed by atoms with van der Waals surface area (Å²) in [5, 5.41) is 1.15. The van der Waals surface area contributed by atoms with Crippen LogP contribution in [-0.2, 0) is 0 Å². The topological polar surface area (TPSA) is 0 Å². The molecule has 2 heteroatoms. The summed E-state index contributed by atoms with van der Waals surface area (Å²) in [6.45, 7) is 8.64. The van der Waals surface area contributed by atoms with Crippen molar-refractivity contribution in [1.82, 2.24) is 0 Å². The van der Waals surface area contributed by atoms with Crippen LogP contribution in [0.2, 0.25) is 0 Å². The van der Waals surface area contributed by atoms with Crippen molar-refractivity contribution in [1.29, 1.82) is 0 Å². The van der Waals surface area contributed by atoms with Gasteiger partial charge in [-0.2, -0.15) is 0 Å². The van der Waals surface area contributed by atoms with Gasteiger partial charge in [-0.1, -0.05) is 42.6 Å². The first-order chi connectivity index (χ1) is 6.68. The zero-order valence-electron chi connectivity index (χ0n) is 10.2. The fourth-order valence-corrected chi connectivity index (χ4v) is 2.11. The molecule has 0 aromatic heterocycles. The Labute approximate surface area is 98.6 Å². The van der Waals surface area contributed by atoms with Crippen molar-refractivity contribution in [2.75, 3.05) is 32.0 Å². The Hall–Kier alpha value is 0.440. The Morgan fingerprint density at radius 1 is 0.857 bits per heavy atom. The molecule has 0 fully saturated rings. The van der Waals surface area contributed by atoms with E-state index in [1.54, 1.807) is 0 Å². The van der Waals surface area contributed by atoms with E-state index in [4.69, 9.17) is 0 Å². The van der Waals surface area contributed by atoms with Gasteiger partial charge in [-0.3, -0.25) is 0 Å². The summed E-state index contributed by atoms with van der Waals surface area (Å²) in [6, 6.07) is 0. The van der Waals surface area contributed by atoms with Crippen LogP contribution in [0.5, 0.6) is 0 Å². The largest absolute Gasteiger partial charge is 0.326 e. The number of quaternary nitrogens is 1.